The van der Waals surface area contributed by atoms with Crippen molar-refractivity contribution in [3.05, 3.63) is 48.7 Å². The number of ether oxygens (including phenoxy) is 1. The molecule has 0 spiro atoms. The number of nitrogens with two attached hydrogens (primary N) is 2. The van der Waals surface area contributed by atoms with E-state index in [4.69, 9.17) is 16.2 Å². The van der Waals surface area contributed by atoms with Gasteiger partial charge in [0.2, 0.25) is 5.91 Å². The zero-order valence-electron chi connectivity index (χ0n) is 16.8. The summed E-state index contributed by atoms with van der Waals surface area (Å²) in [5.41, 5.74) is 12.2. The molecule has 0 aliphatic carbocycles. The average Bonchev–Trinajstić information content (AvgIpc) is 2.67. The number of carbonyl (C=O) groups is 1. The quantitative estimate of drug-likeness (QED) is 0.417. The van der Waals surface area contributed by atoms with Gasteiger partial charge < -0.3 is 26.4 Å². The molecule has 154 valence electrons. The summed E-state index contributed by atoms with van der Waals surface area (Å²) < 4.78 is 5.82. The van der Waals surface area contributed by atoms with Gasteiger partial charge in [-0.05, 0) is 38.4 Å². The molecule has 0 saturated carbocycles. The molecule has 1 heterocycles. The van der Waals surface area contributed by atoms with Gasteiger partial charge in [0.05, 0.1) is 5.76 Å². The van der Waals surface area contributed by atoms with Crippen LogP contribution in [0.2, 0.25) is 0 Å². The van der Waals surface area contributed by atoms with E-state index in [0.29, 0.717) is 35.1 Å². The van der Waals surface area contributed by atoms with Crippen molar-refractivity contribution in [2.24, 2.45) is 16.0 Å². The SMILES string of the molecule is C=C(CCN(C)C)Oc1ccccc1N=Nc1ccc(NC(=O)CCN)nc1N. The molecule has 1 aromatic heterocycles. The Morgan fingerprint density at radius 3 is 2.59 bits per heavy atom. The van der Waals surface area contributed by atoms with Crippen LogP contribution in [0.4, 0.5) is 23.0 Å². The van der Waals surface area contributed by atoms with Crippen LogP contribution in [0.5, 0.6) is 5.75 Å². The van der Waals surface area contributed by atoms with Crippen molar-refractivity contribution < 1.29 is 9.53 Å². The van der Waals surface area contributed by atoms with Crippen molar-refractivity contribution in [3.8, 4) is 5.75 Å². The molecule has 2 aromatic rings. The molecule has 1 aromatic carbocycles. The summed E-state index contributed by atoms with van der Waals surface area (Å²) in [5.74, 6) is 1.44. The Morgan fingerprint density at radius 1 is 1.17 bits per heavy atom. The number of rotatable bonds is 10. The summed E-state index contributed by atoms with van der Waals surface area (Å²) in [7, 11) is 3.98. The fourth-order valence-electron chi connectivity index (χ4n) is 2.25. The van der Waals surface area contributed by atoms with E-state index in [1.54, 1.807) is 24.3 Å². The number of para-hydroxylation sites is 1. The number of carbonyl (C=O) groups excluding carboxylic acids is 1. The maximum absolute atomic E-state index is 11.6. The monoisotopic (exact) mass is 397 g/mol. The van der Waals surface area contributed by atoms with Gasteiger partial charge in [-0.25, -0.2) is 4.98 Å². The Bertz CT molecular complexity index is 881. The molecule has 5 N–H and O–H groups in total. The van der Waals surface area contributed by atoms with Crippen LogP contribution < -0.4 is 21.5 Å². The summed E-state index contributed by atoms with van der Waals surface area (Å²) in [6.45, 7) is 5.04. The van der Waals surface area contributed by atoms with Crippen LogP contribution >= 0.6 is 0 Å². The lowest BCUT2D eigenvalue weighted by molar-refractivity contribution is -0.116. The maximum Gasteiger partial charge on any atom is 0.226 e. The molecule has 29 heavy (non-hydrogen) atoms. The molecule has 0 aliphatic heterocycles. The summed E-state index contributed by atoms with van der Waals surface area (Å²) in [6.07, 6.45) is 0.909. The van der Waals surface area contributed by atoms with Gasteiger partial charge in [-0.2, -0.15) is 0 Å². The summed E-state index contributed by atoms with van der Waals surface area (Å²) >= 11 is 0. The van der Waals surface area contributed by atoms with Crippen molar-refractivity contribution in [2.45, 2.75) is 12.8 Å². The first-order chi connectivity index (χ1) is 13.9. The molecule has 0 radical (unpaired) electrons. The molecule has 0 fully saturated rings. The van der Waals surface area contributed by atoms with E-state index in [1.807, 2.05) is 26.2 Å². The highest BCUT2D eigenvalue weighted by molar-refractivity contribution is 5.90. The van der Waals surface area contributed by atoms with Gasteiger partial charge in [-0.3, -0.25) is 4.79 Å². The Hall–Kier alpha value is -3.30. The van der Waals surface area contributed by atoms with Crippen LogP contribution in [0, 0.1) is 0 Å². The Kier molecular flexibility index (Phi) is 8.26. The van der Waals surface area contributed by atoms with Crippen LogP contribution in [-0.2, 0) is 4.79 Å². The van der Waals surface area contributed by atoms with E-state index >= 15 is 0 Å². The van der Waals surface area contributed by atoms with Crippen LogP contribution in [0.15, 0.2) is 59.0 Å². The molecule has 0 bridgehead atoms. The highest BCUT2D eigenvalue weighted by atomic mass is 16.5. The van der Waals surface area contributed by atoms with Crippen LogP contribution in [-0.4, -0.2) is 43.0 Å². The van der Waals surface area contributed by atoms with E-state index in [-0.39, 0.29) is 24.7 Å². The number of aromatic nitrogens is 1. The van der Waals surface area contributed by atoms with Gasteiger partial charge in [0, 0.05) is 25.9 Å². The molecular weight excluding hydrogens is 370 g/mol. The fourth-order valence-corrected chi connectivity index (χ4v) is 2.25. The Labute approximate surface area is 170 Å². The van der Waals surface area contributed by atoms with Crippen molar-refractivity contribution in [2.75, 3.05) is 38.2 Å². The number of pyridine rings is 1. The summed E-state index contributed by atoms with van der Waals surface area (Å²) in [5, 5.41) is 11.0. The summed E-state index contributed by atoms with van der Waals surface area (Å²) in [4.78, 5) is 17.8. The standard InChI is InChI=1S/C20H27N7O2/c1-14(11-13-27(2)3)29-17-7-5-4-6-15(17)25-26-16-8-9-18(24-20(16)22)23-19(28)10-12-21/h4-9H,1,10-13,21H2,2-3H3,(H3,22,23,24,28). The second kappa shape index (κ2) is 10.9. The minimum Gasteiger partial charge on any atom is -0.460 e. The highest BCUT2D eigenvalue weighted by Gasteiger charge is 2.08. The molecular formula is C20H27N7O2. The molecule has 0 atom stereocenters. The first-order valence-corrected chi connectivity index (χ1v) is 9.16. The largest absolute Gasteiger partial charge is 0.460 e. The fraction of sp³-hybridized carbons (Fsp3) is 0.300. The first kappa shape index (κ1) is 22.0. The molecule has 0 aliphatic rings. The van der Waals surface area contributed by atoms with E-state index in [0.717, 1.165) is 6.54 Å². The first-order valence-electron chi connectivity index (χ1n) is 9.16. The zero-order valence-corrected chi connectivity index (χ0v) is 16.8. The minimum absolute atomic E-state index is 0.146. The third-order valence-electron chi connectivity index (χ3n) is 3.76. The lowest BCUT2D eigenvalue weighted by atomic mass is 10.3. The average molecular weight is 397 g/mol. The Morgan fingerprint density at radius 2 is 1.90 bits per heavy atom. The van der Waals surface area contributed by atoms with Crippen LogP contribution in [0.3, 0.4) is 0 Å². The van der Waals surface area contributed by atoms with E-state index < -0.39 is 0 Å². The van der Waals surface area contributed by atoms with Crippen molar-refractivity contribution >= 4 is 28.9 Å². The van der Waals surface area contributed by atoms with Gasteiger partial charge in [0.1, 0.15) is 17.2 Å². The number of nitrogen functional groups attached to an aromatic ring is 1. The normalized spacial score (nSPS) is 11.0. The predicted octanol–water partition coefficient (Wildman–Crippen LogP) is 3.21. The molecule has 9 nitrogen and oxygen atoms in total. The molecule has 0 unspecified atom stereocenters. The topological polar surface area (TPSA) is 131 Å². The van der Waals surface area contributed by atoms with Crippen LogP contribution in [0.25, 0.3) is 0 Å². The molecule has 1 amide bonds. The number of amides is 1. The number of azo groups is 1. The van der Waals surface area contributed by atoms with Gasteiger partial charge in [-0.15, -0.1) is 10.2 Å². The van der Waals surface area contributed by atoms with Crippen LogP contribution in [0.1, 0.15) is 12.8 Å². The number of nitrogens with one attached hydrogen (secondary N) is 1. The molecule has 0 saturated heterocycles. The second-order valence-corrected chi connectivity index (χ2v) is 6.55. The zero-order chi connectivity index (χ0) is 21.2. The van der Waals surface area contributed by atoms with E-state index in [2.05, 4.69) is 32.0 Å². The van der Waals surface area contributed by atoms with Crippen molar-refractivity contribution in [1.82, 2.24) is 9.88 Å². The predicted molar refractivity (Wildman–Crippen MR) is 115 cm³/mol. The Balaban J connectivity index is 2.10. The number of nitrogens with zero attached hydrogens (tertiary/aromatic N) is 4. The maximum atomic E-state index is 11.6. The smallest absolute Gasteiger partial charge is 0.226 e. The lowest BCUT2D eigenvalue weighted by Crippen LogP contribution is -2.17. The third kappa shape index (κ3) is 7.32. The van der Waals surface area contributed by atoms with Gasteiger partial charge >= 0.3 is 0 Å². The lowest BCUT2D eigenvalue weighted by Gasteiger charge is -2.13. The molecule has 9 heteroatoms. The van der Waals surface area contributed by atoms with E-state index in [9.17, 15) is 4.79 Å². The highest BCUT2D eigenvalue weighted by Crippen LogP contribution is 2.31. The van der Waals surface area contributed by atoms with Gasteiger partial charge in [0.25, 0.3) is 0 Å². The number of benzene rings is 1. The minimum atomic E-state index is -0.227. The third-order valence-corrected chi connectivity index (χ3v) is 3.76. The number of anilines is 2. The summed E-state index contributed by atoms with van der Waals surface area (Å²) in [6, 6.07) is 10.5. The second-order valence-electron chi connectivity index (χ2n) is 6.55. The van der Waals surface area contributed by atoms with Gasteiger partial charge in [0.15, 0.2) is 11.6 Å². The molecule has 2 rings (SSSR count). The van der Waals surface area contributed by atoms with Crippen molar-refractivity contribution in [1.29, 1.82) is 0 Å². The number of hydrogen-bond acceptors (Lipinski definition) is 8. The van der Waals surface area contributed by atoms with Crippen molar-refractivity contribution in [3.63, 3.8) is 0 Å². The number of hydrogen-bond donors (Lipinski definition) is 3. The van der Waals surface area contributed by atoms with E-state index in [1.165, 1.54) is 0 Å². The van der Waals surface area contributed by atoms with Gasteiger partial charge in [-0.1, -0.05) is 18.7 Å².